The molecular weight excluding hydrogens is 479 g/mol. The molecule has 1 saturated carbocycles. The van der Waals surface area contributed by atoms with Crippen LogP contribution < -0.4 is 10.6 Å². The van der Waals surface area contributed by atoms with Gasteiger partial charge < -0.3 is 5.32 Å². The molecule has 2 aliphatic heterocycles. The minimum Gasteiger partial charge on any atom is -0.352 e. The summed E-state index contributed by atoms with van der Waals surface area (Å²) in [5.41, 5.74) is 0.983. The maximum Gasteiger partial charge on any atom is 0.392 e. The van der Waals surface area contributed by atoms with E-state index in [1.807, 2.05) is 0 Å². The average molecular weight is 503 g/mol. The van der Waals surface area contributed by atoms with Crippen LogP contribution in [0.3, 0.4) is 0 Å². The average Bonchev–Trinajstić information content (AvgIpc) is 3.61. The fourth-order valence-electron chi connectivity index (χ4n) is 5.38. The standard InChI is InChI=1S/C25H24F3N3O5/c26-25(27,28)14-5-1-3-12(9-14)10-18(33)29-11-13-4-2-6-15-19(13)24(36)31(23(15)35)16-7-8-17(32)20-21(30-20)22(16)34/h2-4,6,14,16,20-21,30H,1,5,7-11H2,(H,29,33). The van der Waals surface area contributed by atoms with Crippen LogP contribution in [0.1, 0.15) is 64.8 Å². The molecule has 8 nitrogen and oxygen atoms in total. The number of allylic oxidation sites excluding steroid dienone is 1. The van der Waals surface area contributed by atoms with E-state index >= 15 is 0 Å². The summed E-state index contributed by atoms with van der Waals surface area (Å²) in [7, 11) is 0. The summed E-state index contributed by atoms with van der Waals surface area (Å²) in [6.45, 7) is -0.103. The summed E-state index contributed by atoms with van der Waals surface area (Å²) in [5.74, 6) is -3.72. The number of ketones is 2. The van der Waals surface area contributed by atoms with Crippen molar-refractivity contribution in [3.63, 3.8) is 0 Å². The number of hydrogen-bond acceptors (Lipinski definition) is 6. The molecule has 0 bridgehead atoms. The van der Waals surface area contributed by atoms with Crippen molar-refractivity contribution in [2.45, 2.75) is 69.4 Å². The van der Waals surface area contributed by atoms with Gasteiger partial charge in [0, 0.05) is 19.4 Å². The van der Waals surface area contributed by atoms with Crippen LogP contribution in [0.2, 0.25) is 0 Å². The van der Waals surface area contributed by atoms with E-state index in [1.165, 1.54) is 6.07 Å². The Morgan fingerprint density at radius 1 is 1.08 bits per heavy atom. The van der Waals surface area contributed by atoms with Gasteiger partial charge in [0.05, 0.1) is 29.1 Å². The van der Waals surface area contributed by atoms with E-state index in [2.05, 4.69) is 10.6 Å². The lowest BCUT2D eigenvalue weighted by atomic mass is 9.87. The van der Waals surface area contributed by atoms with Gasteiger partial charge in [-0.25, -0.2) is 0 Å². The third-order valence-electron chi connectivity index (χ3n) is 7.36. The molecule has 2 N–H and O–H groups in total. The first-order chi connectivity index (χ1) is 17.1. The maximum absolute atomic E-state index is 13.3. The first-order valence-corrected chi connectivity index (χ1v) is 11.9. The van der Waals surface area contributed by atoms with E-state index in [9.17, 15) is 37.1 Å². The minimum atomic E-state index is -4.30. The van der Waals surface area contributed by atoms with E-state index in [4.69, 9.17) is 0 Å². The van der Waals surface area contributed by atoms with Crippen molar-refractivity contribution in [1.82, 2.24) is 15.5 Å². The van der Waals surface area contributed by atoms with Crippen LogP contribution in [-0.2, 0) is 20.9 Å². The summed E-state index contributed by atoms with van der Waals surface area (Å²) >= 11 is 0. The van der Waals surface area contributed by atoms with Gasteiger partial charge >= 0.3 is 6.18 Å². The number of carbonyl (C=O) groups is 5. The SMILES string of the molecule is O=C(CC1=CCCC(C(F)(F)F)C1)NCc1cccc2c1C(=O)N(C1CCC(=O)C3NC3C1=O)C2=O. The van der Waals surface area contributed by atoms with Crippen molar-refractivity contribution in [2.75, 3.05) is 0 Å². The highest BCUT2D eigenvalue weighted by molar-refractivity contribution is 6.24. The Labute approximate surface area is 204 Å². The number of rotatable bonds is 5. The van der Waals surface area contributed by atoms with E-state index in [1.54, 1.807) is 18.2 Å². The summed E-state index contributed by atoms with van der Waals surface area (Å²) in [6, 6.07) is 2.32. The molecule has 4 aliphatic rings. The zero-order valence-corrected chi connectivity index (χ0v) is 19.2. The highest BCUT2D eigenvalue weighted by Gasteiger charge is 2.55. The van der Waals surface area contributed by atoms with Crippen molar-refractivity contribution >= 4 is 29.3 Å². The molecule has 0 aromatic heterocycles. The molecule has 1 saturated heterocycles. The number of amides is 3. The second kappa shape index (κ2) is 8.95. The molecule has 36 heavy (non-hydrogen) atoms. The van der Waals surface area contributed by atoms with E-state index in [0.717, 1.165) is 4.90 Å². The molecule has 1 aromatic carbocycles. The van der Waals surface area contributed by atoms with Crippen LogP contribution in [0.5, 0.6) is 0 Å². The largest absolute Gasteiger partial charge is 0.392 e. The normalized spacial score (nSPS) is 27.9. The molecular formula is C25H24F3N3O5. The molecule has 1 aromatic rings. The Morgan fingerprint density at radius 3 is 2.61 bits per heavy atom. The van der Waals surface area contributed by atoms with Gasteiger partial charge in [-0.1, -0.05) is 23.8 Å². The molecule has 0 spiro atoms. The lowest BCUT2D eigenvalue weighted by Crippen LogP contribution is -2.46. The van der Waals surface area contributed by atoms with E-state index < -0.39 is 47.9 Å². The molecule has 4 atom stereocenters. The number of halogens is 3. The van der Waals surface area contributed by atoms with Crippen molar-refractivity contribution in [2.24, 2.45) is 5.92 Å². The van der Waals surface area contributed by atoms with Gasteiger partial charge in [-0.05, 0) is 37.3 Å². The van der Waals surface area contributed by atoms with Gasteiger partial charge in [-0.2, -0.15) is 13.2 Å². The second-order valence-electron chi connectivity index (χ2n) is 9.70. The van der Waals surface area contributed by atoms with Crippen LogP contribution in [0, 0.1) is 5.92 Å². The molecule has 4 unspecified atom stereocenters. The minimum absolute atomic E-state index is 0.00648. The predicted octanol–water partition coefficient (Wildman–Crippen LogP) is 2.22. The van der Waals surface area contributed by atoms with Gasteiger partial charge in [0.2, 0.25) is 5.91 Å². The number of fused-ring (bicyclic) bond motifs is 2. The van der Waals surface area contributed by atoms with Crippen LogP contribution >= 0.6 is 0 Å². The molecule has 11 heteroatoms. The Kier molecular flexibility index (Phi) is 6.06. The van der Waals surface area contributed by atoms with Crippen molar-refractivity contribution in [3.05, 3.63) is 46.5 Å². The van der Waals surface area contributed by atoms with Gasteiger partial charge in [0.1, 0.15) is 6.04 Å². The first-order valence-electron chi connectivity index (χ1n) is 11.9. The lowest BCUT2D eigenvalue weighted by Gasteiger charge is -2.24. The molecule has 5 rings (SSSR count). The number of hydrogen-bond donors (Lipinski definition) is 2. The first kappa shape index (κ1) is 24.4. The third-order valence-corrected chi connectivity index (χ3v) is 7.36. The number of carbonyl (C=O) groups excluding carboxylic acids is 5. The second-order valence-corrected chi connectivity index (χ2v) is 9.70. The van der Waals surface area contributed by atoms with Crippen molar-refractivity contribution in [3.8, 4) is 0 Å². The van der Waals surface area contributed by atoms with Gasteiger partial charge in [0.25, 0.3) is 11.8 Å². The molecule has 2 heterocycles. The Bertz CT molecular complexity index is 1210. The van der Waals surface area contributed by atoms with Crippen molar-refractivity contribution < 1.29 is 37.1 Å². The Balaban J connectivity index is 1.27. The summed E-state index contributed by atoms with van der Waals surface area (Å²) in [6.07, 6.45) is -2.63. The topological polar surface area (TPSA) is 123 Å². The zero-order chi connectivity index (χ0) is 25.8. The fraction of sp³-hybridized carbons (Fsp3) is 0.480. The predicted molar refractivity (Wildman–Crippen MR) is 119 cm³/mol. The monoisotopic (exact) mass is 503 g/mol. The van der Waals surface area contributed by atoms with Gasteiger partial charge in [-0.15, -0.1) is 0 Å². The molecule has 2 aliphatic carbocycles. The van der Waals surface area contributed by atoms with E-state index in [-0.39, 0.29) is 67.8 Å². The number of Topliss-reactive ketones (excluding diaryl/α,β-unsaturated/α-hetero) is 2. The highest BCUT2D eigenvalue weighted by atomic mass is 19.4. The Morgan fingerprint density at radius 2 is 1.86 bits per heavy atom. The number of alkyl halides is 3. The van der Waals surface area contributed by atoms with Crippen LogP contribution in [-0.4, -0.2) is 58.5 Å². The van der Waals surface area contributed by atoms with E-state index in [0.29, 0.717) is 11.1 Å². The summed E-state index contributed by atoms with van der Waals surface area (Å²) in [4.78, 5) is 64.7. The molecule has 190 valence electrons. The quantitative estimate of drug-likeness (QED) is 0.361. The van der Waals surface area contributed by atoms with Crippen LogP contribution in [0.15, 0.2) is 29.8 Å². The number of imide groups is 1. The van der Waals surface area contributed by atoms with Crippen LogP contribution in [0.4, 0.5) is 13.2 Å². The number of nitrogens with zero attached hydrogens (tertiary/aromatic N) is 1. The van der Waals surface area contributed by atoms with Crippen LogP contribution in [0.25, 0.3) is 0 Å². The van der Waals surface area contributed by atoms with Gasteiger partial charge in [0.15, 0.2) is 11.6 Å². The summed E-state index contributed by atoms with van der Waals surface area (Å²) in [5, 5.41) is 5.43. The van der Waals surface area contributed by atoms with Gasteiger partial charge in [-0.3, -0.25) is 34.2 Å². The molecule has 3 amide bonds. The van der Waals surface area contributed by atoms with Crippen molar-refractivity contribution in [1.29, 1.82) is 0 Å². The lowest BCUT2D eigenvalue weighted by molar-refractivity contribution is -0.176. The zero-order valence-electron chi connectivity index (χ0n) is 19.2. The smallest absolute Gasteiger partial charge is 0.352 e. The Hall–Kier alpha value is -3.34. The number of nitrogens with one attached hydrogen (secondary N) is 2. The third kappa shape index (κ3) is 4.36. The molecule has 2 fully saturated rings. The summed E-state index contributed by atoms with van der Waals surface area (Å²) < 4.78 is 39.1. The molecule has 0 radical (unpaired) electrons. The fourth-order valence-corrected chi connectivity index (χ4v) is 5.38. The maximum atomic E-state index is 13.3. The number of benzene rings is 1. The highest BCUT2D eigenvalue weighted by Crippen LogP contribution is 2.38.